The van der Waals surface area contributed by atoms with Gasteiger partial charge >= 0.3 is 0 Å². The van der Waals surface area contributed by atoms with E-state index in [1.54, 1.807) is 18.2 Å². The van der Waals surface area contributed by atoms with Gasteiger partial charge in [-0.25, -0.2) is 4.98 Å². The van der Waals surface area contributed by atoms with Gasteiger partial charge in [0.15, 0.2) is 0 Å². The third kappa shape index (κ3) is 6.57. The van der Waals surface area contributed by atoms with Gasteiger partial charge in [0.05, 0.1) is 16.6 Å². The van der Waals surface area contributed by atoms with E-state index in [2.05, 4.69) is 48.5 Å². The van der Waals surface area contributed by atoms with Gasteiger partial charge in [-0.15, -0.1) is 23.8 Å². The van der Waals surface area contributed by atoms with Crippen LogP contribution in [0.1, 0.15) is 9.68 Å². The minimum absolute atomic E-state index is 0. The van der Waals surface area contributed by atoms with Crippen LogP contribution in [0.5, 0.6) is 5.75 Å². The average Bonchev–Trinajstić information content (AvgIpc) is 3.64. The molecule has 0 fully saturated rings. The first-order valence-electron chi connectivity index (χ1n) is 19.0. The van der Waals surface area contributed by atoms with E-state index in [4.69, 9.17) is 14.1 Å². The summed E-state index contributed by atoms with van der Waals surface area (Å²) in [7, 11) is 0. The molecule has 0 amide bonds. The predicted molar refractivity (Wildman–Crippen MR) is 217 cm³/mol. The number of hydrogen-bond acceptors (Lipinski definition) is 3. The first kappa shape index (κ1) is 31.2. The van der Waals surface area contributed by atoms with Crippen LogP contribution in [0.4, 0.5) is 0 Å². The van der Waals surface area contributed by atoms with Gasteiger partial charge in [0.1, 0.15) is 11.6 Å². The maximum atomic E-state index is 11.2. The minimum Gasteiger partial charge on any atom is -0.507 e. The number of hydrogen-bond donors (Lipinski definition) is 1. The van der Waals surface area contributed by atoms with Gasteiger partial charge in [0, 0.05) is 42.8 Å². The molecule has 5 heteroatoms. The second-order valence-electron chi connectivity index (χ2n) is 12.9. The molecule has 9 aromatic rings. The van der Waals surface area contributed by atoms with Gasteiger partial charge in [-0.3, -0.25) is 9.55 Å². The standard InChI is InChI=1S/C49H34N3O.Pt/c1-33-28-41(24-25-42(33)36-18-9-4-10-19-36)52-46-22-13-21-43(48(46)51-49(52)44-20-11-12-23-47(44)53)39-29-38(35-16-7-3-8-17-35)30-40(31-39)45-32-37(26-27-50-45)34-14-5-2-6-15-34;/h2-30,32,53H,1H3;/q-1;/i1D3;. The van der Waals surface area contributed by atoms with E-state index < -0.39 is 6.85 Å². The van der Waals surface area contributed by atoms with E-state index >= 15 is 0 Å². The molecule has 9 rings (SSSR count). The Morgan fingerprint density at radius 2 is 1.20 bits per heavy atom. The molecule has 2 aromatic heterocycles. The first-order valence-corrected chi connectivity index (χ1v) is 17.5. The van der Waals surface area contributed by atoms with E-state index in [-0.39, 0.29) is 32.4 Å². The Labute approximate surface area is 333 Å². The predicted octanol–water partition coefficient (Wildman–Crippen LogP) is 12.2. The average molecular weight is 879 g/mol. The molecule has 1 N–H and O–H groups in total. The largest absolute Gasteiger partial charge is 0.507 e. The van der Waals surface area contributed by atoms with Crippen molar-refractivity contribution >= 4 is 11.0 Å². The Kier molecular flexibility index (Phi) is 8.63. The minimum atomic E-state index is -2.40. The summed E-state index contributed by atoms with van der Waals surface area (Å²) in [5, 5.41) is 11.2. The molecule has 0 bridgehead atoms. The molecule has 0 radical (unpaired) electrons. The van der Waals surface area contributed by atoms with Crippen LogP contribution in [-0.2, 0) is 21.1 Å². The monoisotopic (exact) mass is 878 g/mol. The van der Waals surface area contributed by atoms with Crippen LogP contribution < -0.4 is 0 Å². The van der Waals surface area contributed by atoms with Crippen molar-refractivity contribution in [3.63, 3.8) is 0 Å². The van der Waals surface area contributed by atoms with Crippen LogP contribution in [0.25, 0.3) is 83.9 Å². The van der Waals surface area contributed by atoms with Crippen molar-refractivity contribution in [3.05, 3.63) is 194 Å². The number of benzene rings is 7. The SMILES string of the molecule is [2H]C([2H])([2H])c1cc(-n2c(-c3ccccc3O)nc3c(-c4[c-]c(-c5cc(-c6ccccc6)ccn5)cc(-c5ccccc5)c4)cccc32)ccc1-c1ccccc1.[Pt]. The summed E-state index contributed by atoms with van der Waals surface area (Å²) in [6, 6.07) is 60.6. The van der Waals surface area contributed by atoms with Crippen LogP contribution in [-0.4, -0.2) is 19.6 Å². The summed E-state index contributed by atoms with van der Waals surface area (Å²) in [6.07, 6.45) is 1.83. The number of pyridine rings is 1. The molecule has 0 aliphatic heterocycles. The molecular formula is C49H34N3OPt-. The zero-order valence-corrected chi connectivity index (χ0v) is 31.2. The van der Waals surface area contributed by atoms with Crippen molar-refractivity contribution in [3.8, 4) is 78.6 Å². The van der Waals surface area contributed by atoms with Gasteiger partial charge in [-0.05, 0) is 76.6 Å². The van der Waals surface area contributed by atoms with Crippen molar-refractivity contribution < 1.29 is 30.3 Å². The molecule has 4 nitrogen and oxygen atoms in total. The fourth-order valence-electron chi connectivity index (χ4n) is 7.00. The van der Waals surface area contributed by atoms with Crippen LogP contribution in [0, 0.1) is 12.9 Å². The number of phenols is 1. The molecular weight excluding hydrogens is 842 g/mol. The van der Waals surface area contributed by atoms with Gasteiger partial charge in [-0.2, -0.15) is 0 Å². The maximum Gasteiger partial charge on any atom is 0.148 e. The quantitative estimate of drug-likeness (QED) is 0.162. The number of imidazole rings is 1. The third-order valence-electron chi connectivity index (χ3n) is 9.59. The smallest absolute Gasteiger partial charge is 0.148 e. The second kappa shape index (κ2) is 14.9. The fourth-order valence-corrected chi connectivity index (χ4v) is 7.00. The molecule has 7 aromatic carbocycles. The Morgan fingerprint density at radius 1 is 0.556 bits per heavy atom. The molecule has 54 heavy (non-hydrogen) atoms. The summed E-state index contributed by atoms with van der Waals surface area (Å²) >= 11 is 0. The molecule has 0 aliphatic rings. The van der Waals surface area contributed by atoms with Crippen molar-refractivity contribution in [1.82, 2.24) is 14.5 Å². The first-order chi connectivity index (χ1) is 27.3. The molecule has 0 unspecified atom stereocenters. The van der Waals surface area contributed by atoms with Crippen molar-refractivity contribution in [2.24, 2.45) is 0 Å². The number of aromatic hydroxyl groups is 1. The van der Waals surface area contributed by atoms with E-state index in [9.17, 15) is 5.11 Å². The summed E-state index contributed by atoms with van der Waals surface area (Å²) in [4.78, 5) is 10.1. The number of aryl methyl sites for hydroxylation is 1. The Bertz CT molecular complexity index is 2860. The number of phenolic OH excluding ortho intramolecular Hbond substituents is 1. The maximum absolute atomic E-state index is 11.2. The van der Waals surface area contributed by atoms with Crippen LogP contribution in [0.3, 0.4) is 0 Å². The summed E-state index contributed by atoms with van der Waals surface area (Å²) in [5.74, 6) is 0.540. The number of fused-ring (bicyclic) bond motifs is 1. The van der Waals surface area contributed by atoms with Crippen molar-refractivity contribution in [2.75, 3.05) is 0 Å². The van der Waals surface area contributed by atoms with E-state index in [1.165, 1.54) is 0 Å². The zero-order valence-electron chi connectivity index (χ0n) is 31.9. The fraction of sp³-hybridized carbons (Fsp3) is 0.0204. The van der Waals surface area contributed by atoms with Gasteiger partial charge in [0.25, 0.3) is 0 Å². The normalized spacial score (nSPS) is 12.0. The van der Waals surface area contributed by atoms with Gasteiger partial charge < -0.3 is 5.11 Å². The number of aromatic nitrogens is 3. The van der Waals surface area contributed by atoms with E-state index in [0.29, 0.717) is 28.2 Å². The number of para-hydroxylation sites is 2. The Balaban J connectivity index is 0.00000455. The molecule has 0 aliphatic carbocycles. The molecule has 0 atom stereocenters. The van der Waals surface area contributed by atoms with Crippen LogP contribution in [0.2, 0.25) is 0 Å². The third-order valence-corrected chi connectivity index (χ3v) is 9.59. The van der Waals surface area contributed by atoms with Crippen molar-refractivity contribution in [2.45, 2.75) is 6.85 Å². The number of rotatable bonds is 7. The molecule has 262 valence electrons. The molecule has 0 saturated heterocycles. The molecule has 0 saturated carbocycles. The second-order valence-corrected chi connectivity index (χ2v) is 12.9. The van der Waals surface area contributed by atoms with Gasteiger partial charge in [-0.1, -0.05) is 144 Å². The van der Waals surface area contributed by atoms with E-state index in [1.807, 2.05) is 126 Å². The molecule has 0 spiro atoms. The van der Waals surface area contributed by atoms with Gasteiger partial charge in [0.2, 0.25) is 0 Å². The Hall–Kier alpha value is -6.35. The topological polar surface area (TPSA) is 50.9 Å². The molecule has 2 heterocycles. The van der Waals surface area contributed by atoms with Crippen LogP contribution in [0.15, 0.2) is 182 Å². The summed E-state index contributed by atoms with van der Waals surface area (Å²) in [6.45, 7) is -2.40. The summed E-state index contributed by atoms with van der Waals surface area (Å²) in [5.41, 5.74) is 11.7. The zero-order chi connectivity index (χ0) is 38.2. The number of nitrogens with zero attached hydrogens (tertiary/aromatic N) is 3. The van der Waals surface area contributed by atoms with Crippen LogP contribution >= 0.6 is 0 Å². The Morgan fingerprint density at radius 3 is 1.93 bits per heavy atom. The van der Waals surface area contributed by atoms with E-state index in [0.717, 1.165) is 55.7 Å². The van der Waals surface area contributed by atoms with Crippen molar-refractivity contribution in [1.29, 1.82) is 0 Å². The summed E-state index contributed by atoms with van der Waals surface area (Å²) < 4.78 is 27.6.